The van der Waals surface area contributed by atoms with Crippen LogP contribution in [-0.4, -0.2) is 0 Å². The molecule has 114 valence electrons. The van der Waals surface area contributed by atoms with Gasteiger partial charge in [-0.2, -0.15) is 26.3 Å². The Morgan fingerprint density at radius 3 is 1.95 bits per heavy atom. The lowest BCUT2D eigenvalue weighted by molar-refractivity contribution is -0.138. The quantitative estimate of drug-likeness (QED) is 0.351. The monoisotopic (exact) mass is 314 g/mol. The molecule has 0 atom stereocenters. The van der Waals surface area contributed by atoms with Crippen molar-refractivity contribution in [3.8, 4) is 0 Å². The van der Waals surface area contributed by atoms with Gasteiger partial charge in [-0.05, 0) is 51.9 Å². The summed E-state index contributed by atoms with van der Waals surface area (Å²) in [5.41, 5.74) is -1.74. The van der Waals surface area contributed by atoms with Crippen LogP contribution in [-0.2, 0) is 12.4 Å². The van der Waals surface area contributed by atoms with E-state index in [2.05, 4.69) is 0 Å². The summed E-state index contributed by atoms with van der Waals surface area (Å²) in [7, 11) is 0. The van der Waals surface area contributed by atoms with Crippen LogP contribution in [0.5, 0.6) is 0 Å². The van der Waals surface area contributed by atoms with Gasteiger partial charge in [0.05, 0.1) is 11.1 Å². The maximum absolute atomic E-state index is 13.0. The van der Waals surface area contributed by atoms with Crippen molar-refractivity contribution in [1.29, 1.82) is 0 Å². The largest absolute Gasteiger partial charge is 0.417 e. The molecule has 6 heteroatoms. The van der Waals surface area contributed by atoms with Crippen molar-refractivity contribution in [2.75, 3.05) is 0 Å². The molecule has 0 heterocycles. The van der Waals surface area contributed by atoms with Gasteiger partial charge in [0.15, 0.2) is 0 Å². The Labute approximate surface area is 121 Å². The van der Waals surface area contributed by atoms with Crippen LogP contribution >= 0.6 is 0 Å². The zero-order chi connectivity index (χ0) is 16.1. The number of alkyl halides is 6. The van der Waals surface area contributed by atoms with Gasteiger partial charge < -0.3 is 0 Å². The van der Waals surface area contributed by atoms with E-state index in [0.29, 0.717) is 10.8 Å². The SMILES string of the molecule is FC(F)(F)c1ccc2cc3cccc(C(F)(F)F)c3cc2c1. The van der Waals surface area contributed by atoms with E-state index in [9.17, 15) is 26.3 Å². The highest BCUT2D eigenvalue weighted by atomic mass is 19.4. The van der Waals surface area contributed by atoms with Crippen LogP contribution in [0.4, 0.5) is 26.3 Å². The van der Waals surface area contributed by atoms with Gasteiger partial charge in [0.2, 0.25) is 0 Å². The number of rotatable bonds is 0. The Bertz CT molecular complexity index is 858. The van der Waals surface area contributed by atoms with Crippen LogP contribution in [0.2, 0.25) is 0 Å². The zero-order valence-corrected chi connectivity index (χ0v) is 10.9. The molecule has 0 aliphatic rings. The molecule has 0 radical (unpaired) electrons. The van der Waals surface area contributed by atoms with Crippen LogP contribution in [0.15, 0.2) is 48.5 Å². The van der Waals surface area contributed by atoms with Gasteiger partial charge in [0.1, 0.15) is 0 Å². The molecular formula is C16H8F6. The van der Waals surface area contributed by atoms with Crippen LogP contribution in [0.25, 0.3) is 21.5 Å². The average molecular weight is 314 g/mol. The highest BCUT2D eigenvalue weighted by molar-refractivity contribution is 6.00. The fraction of sp³-hybridized carbons (Fsp3) is 0.125. The van der Waals surface area contributed by atoms with Gasteiger partial charge in [-0.3, -0.25) is 0 Å². The highest BCUT2D eigenvalue weighted by Gasteiger charge is 2.33. The van der Waals surface area contributed by atoms with Crippen LogP contribution in [0.3, 0.4) is 0 Å². The summed E-state index contributed by atoms with van der Waals surface area (Å²) in [4.78, 5) is 0. The Kier molecular flexibility index (Phi) is 3.09. The first-order valence-electron chi connectivity index (χ1n) is 6.27. The first-order valence-corrected chi connectivity index (χ1v) is 6.27. The molecule has 0 spiro atoms. The predicted octanol–water partition coefficient (Wildman–Crippen LogP) is 6.03. The fourth-order valence-electron chi connectivity index (χ4n) is 2.45. The van der Waals surface area contributed by atoms with E-state index in [-0.39, 0.29) is 10.8 Å². The van der Waals surface area contributed by atoms with E-state index < -0.39 is 23.5 Å². The predicted molar refractivity (Wildman–Crippen MR) is 71.5 cm³/mol. The minimum absolute atomic E-state index is 0.109. The summed E-state index contributed by atoms with van der Waals surface area (Å²) in [5, 5.41) is 0.808. The fourth-order valence-corrected chi connectivity index (χ4v) is 2.45. The molecule has 0 aliphatic carbocycles. The molecule has 0 saturated heterocycles. The third-order valence-corrected chi connectivity index (χ3v) is 3.47. The van der Waals surface area contributed by atoms with E-state index in [1.165, 1.54) is 24.3 Å². The molecule has 0 aromatic heterocycles. The van der Waals surface area contributed by atoms with Crippen LogP contribution < -0.4 is 0 Å². The standard InChI is InChI=1S/C16H8F6/c17-15(18,19)12-5-4-9-6-10-2-1-3-14(16(20,21)22)13(10)8-11(9)7-12/h1-8H. The second kappa shape index (κ2) is 4.63. The lowest BCUT2D eigenvalue weighted by Crippen LogP contribution is -2.06. The Morgan fingerprint density at radius 2 is 1.32 bits per heavy atom. The third-order valence-electron chi connectivity index (χ3n) is 3.47. The summed E-state index contributed by atoms with van der Waals surface area (Å²) >= 11 is 0. The number of hydrogen-bond acceptors (Lipinski definition) is 0. The zero-order valence-electron chi connectivity index (χ0n) is 10.9. The van der Waals surface area contributed by atoms with E-state index in [1.54, 1.807) is 0 Å². The molecule has 0 bridgehead atoms. The summed E-state index contributed by atoms with van der Waals surface area (Å²) in [6, 6.07) is 9.36. The molecular weight excluding hydrogens is 306 g/mol. The first-order chi connectivity index (χ1) is 10.2. The Morgan fingerprint density at radius 1 is 0.591 bits per heavy atom. The molecule has 0 amide bonds. The Balaban J connectivity index is 2.34. The number of halogens is 6. The van der Waals surface area contributed by atoms with E-state index in [4.69, 9.17) is 0 Å². The maximum atomic E-state index is 13.0. The van der Waals surface area contributed by atoms with Crippen molar-refractivity contribution < 1.29 is 26.3 Å². The van der Waals surface area contributed by atoms with Crippen molar-refractivity contribution in [3.63, 3.8) is 0 Å². The maximum Gasteiger partial charge on any atom is 0.417 e. The summed E-state index contributed by atoms with van der Waals surface area (Å²) in [6.07, 6.45) is -9.10. The third kappa shape index (κ3) is 2.49. The molecule has 0 aliphatic heterocycles. The minimum atomic E-state index is -4.56. The second-order valence-electron chi connectivity index (χ2n) is 4.94. The molecule has 0 N–H and O–H groups in total. The lowest BCUT2D eigenvalue weighted by Gasteiger charge is -2.12. The van der Waals surface area contributed by atoms with E-state index >= 15 is 0 Å². The van der Waals surface area contributed by atoms with Gasteiger partial charge >= 0.3 is 12.4 Å². The van der Waals surface area contributed by atoms with Crippen molar-refractivity contribution >= 4 is 21.5 Å². The van der Waals surface area contributed by atoms with Gasteiger partial charge in [0.25, 0.3) is 0 Å². The molecule has 0 nitrogen and oxygen atoms in total. The molecule has 3 aromatic rings. The molecule has 0 saturated carbocycles. The van der Waals surface area contributed by atoms with Crippen LogP contribution in [0, 0.1) is 0 Å². The van der Waals surface area contributed by atoms with Gasteiger partial charge in [0, 0.05) is 0 Å². The number of fused-ring (bicyclic) bond motifs is 2. The smallest absolute Gasteiger partial charge is 0.166 e. The highest BCUT2D eigenvalue weighted by Crippen LogP contribution is 2.37. The molecule has 22 heavy (non-hydrogen) atoms. The molecule has 3 aromatic carbocycles. The van der Waals surface area contributed by atoms with Crippen LogP contribution in [0.1, 0.15) is 11.1 Å². The topological polar surface area (TPSA) is 0 Å². The van der Waals surface area contributed by atoms with Crippen molar-refractivity contribution in [2.45, 2.75) is 12.4 Å². The summed E-state index contributed by atoms with van der Waals surface area (Å²) in [5.74, 6) is 0. The number of hydrogen-bond donors (Lipinski definition) is 0. The lowest BCUT2D eigenvalue weighted by atomic mass is 9.98. The number of benzene rings is 3. The average Bonchev–Trinajstić information content (AvgIpc) is 2.41. The second-order valence-corrected chi connectivity index (χ2v) is 4.94. The summed E-state index contributed by atoms with van der Waals surface area (Å²) in [6.45, 7) is 0. The molecule has 3 rings (SSSR count). The summed E-state index contributed by atoms with van der Waals surface area (Å²) < 4.78 is 77.2. The van der Waals surface area contributed by atoms with Crippen molar-refractivity contribution in [2.24, 2.45) is 0 Å². The normalized spacial score (nSPS) is 13.0. The van der Waals surface area contributed by atoms with Gasteiger partial charge in [-0.25, -0.2) is 0 Å². The first kappa shape index (κ1) is 14.7. The molecule has 0 unspecified atom stereocenters. The van der Waals surface area contributed by atoms with Crippen molar-refractivity contribution in [1.82, 2.24) is 0 Å². The molecule has 0 fully saturated rings. The van der Waals surface area contributed by atoms with E-state index in [1.807, 2.05) is 0 Å². The van der Waals surface area contributed by atoms with E-state index in [0.717, 1.165) is 24.3 Å². The Hall–Kier alpha value is -2.24. The van der Waals surface area contributed by atoms with Crippen molar-refractivity contribution in [3.05, 3.63) is 59.7 Å². The van der Waals surface area contributed by atoms with Gasteiger partial charge in [-0.15, -0.1) is 0 Å². The van der Waals surface area contributed by atoms with Gasteiger partial charge in [-0.1, -0.05) is 18.2 Å². The minimum Gasteiger partial charge on any atom is -0.166 e.